The highest BCUT2D eigenvalue weighted by molar-refractivity contribution is 5.90. The van der Waals surface area contributed by atoms with Gasteiger partial charge in [-0.2, -0.15) is 4.68 Å². The van der Waals surface area contributed by atoms with Crippen molar-refractivity contribution in [2.75, 3.05) is 23.7 Å². The summed E-state index contributed by atoms with van der Waals surface area (Å²) in [6, 6.07) is 12.8. The van der Waals surface area contributed by atoms with E-state index in [0.717, 1.165) is 12.1 Å². The maximum Gasteiger partial charge on any atom is 0.346 e. The fourth-order valence-electron chi connectivity index (χ4n) is 3.98. The van der Waals surface area contributed by atoms with Gasteiger partial charge in [0.25, 0.3) is 0 Å². The van der Waals surface area contributed by atoms with Crippen LogP contribution >= 0.6 is 0 Å². The summed E-state index contributed by atoms with van der Waals surface area (Å²) in [6.45, 7) is 3.48. The van der Waals surface area contributed by atoms with Gasteiger partial charge in [0.15, 0.2) is 5.82 Å². The number of aryl methyl sites for hydroxylation is 1. The fourth-order valence-corrected chi connectivity index (χ4v) is 3.98. The van der Waals surface area contributed by atoms with Gasteiger partial charge in [-0.1, -0.05) is 19.1 Å². The van der Waals surface area contributed by atoms with Gasteiger partial charge in [-0.25, -0.2) is 4.79 Å². The number of piperidine rings is 1. The monoisotopic (exact) mass is 448 g/mol. The lowest BCUT2D eigenvalue weighted by Gasteiger charge is -2.33. The number of aliphatic carboxylic acids is 1. The predicted octanol–water partition coefficient (Wildman–Crippen LogP) is 3.66. The lowest BCUT2D eigenvalue weighted by atomic mass is 9.75. The first-order valence-corrected chi connectivity index (χ1v) is 11.1. The molecule has 1 aromatic carbocycles. The number of carbonyl (C=O) groups excluding carboxylic acids is 1. The minimum Gasteiger partial charge on any atom is -0.481 e. The number of hydrogen-bond acceptors (Lipinski definition) is 6. The summed E-state index contributed by atoms with van der Waals surface area (Å²) in [5, 5.41) is 23.1. The molecule has 4 rings (SSSR count). The number of hydrogen-bond donors (Lipinski definition) is 4. The molecule has 3 aromatic rings. The molecule has 2 aromatic heterocycles. The number of carboxylic acid groups (broad SMARTS) is 1. The normalized spacial score (nSPS) is 15.1. The van der Waals surface area contributed by atoms with Crippen LogP contribution in [0.5, 0.6) is 0 Å². The topological polar surface area (TPSA) is 121 Å². The zero-order valence-corrected chi connectivity index (χ0v) is 18.5. The number of nitrogens with one attached hydrogen (secondary N) is 3. The fraction of sp³-hybridized carbons (Fsp3) is 0.333. The van der Waals surface area contributed by atoms with E-state index in [2.05, 4.69) is 33.0 Å². The third-order valence-corrected chi connectivity index (χ3v) is 6.04. The first-order chi connectivity index (χ1) is 16.0. The van der Waals surface area contributed by atoms with Gasteiger partial charge in [-0.05, 0) is 62.2 Å². The van der Waals surface area contributed by atoms with E-state index in [1.165, 1.54) is 10.2 Å². The molecule has 9 heteroatoms. The van der Waals surface area contributed by atoms with E-state index in [1.54, 1.807) is 30.6 Å². The Morgan fingerprint density at radius 1 is 1.09 bits per heavy atom. The molecule has 1 aliphatic rings. The van der Waals surface area contributed by atoms with Crippen LogP contribution in [-0.4, -0.2) is 45.0 Å². The summed E-state index contributed by atoms with van der Waals surface area (Å²) in [7, 11) is 0. The van der Waals surface area contributed by atoms with Crippen molar-refractivity contribution in [2.24, 2.45) is 5.41 Å². The van der Waals surface area contributed by atoms with Gasteiger partial charge in [0, 0.05) is 30.1 Å². The predicted molar refractivity (Wildman–Crippen MR) is 126 cm³/mol. The van der Waals surface area contributed by atoms with Crippen molar-refractivity contribution in [1.82, 2.24) is 20.1 Å². The molecule has 9 nitrogen and oxygen atoms in total. The molecule has 1 saturated heterocycles. The molecule has 0 unspecified atom stereocenters. The molecule has 0 spiro atoms. The minimum absolute atomic E-state index is 0.367. The van der Waals surface area contributed by atoms with E-state index >= 15 is 0 Å². The van der Waals surface area contributed by atoms with Gasteiger partial charge in [0.2, 0.25) is 0 Å². The van der Waals surface area contributed by atoms with Crippen molar-refractivity contribution in [3.05, 3.63) is 66.1 Å². The Hall–Kier alpha value is -3.72. The first kappa shape index (κ1) is 22.5. The van der Waals surface area contributed by atoms with Gasteiger partial charge in [-0.15, -0.1) is 5.10 Å². The standard InChI is InChI=1S/C24H28N6O3/c1-2-17-3-5-18(6-4-17)27-21-9-14-30(29-21)23(33)28-20-8-7-19(26-16-20)15-24(22(31)32)10-12-25-13-11-24/h3-9,14,16,25H,2,10-13,15H2,1H3,(H,27,29)(H,28,33)(H,31,32). The van der Waals surface area contributed by atoms with Crippen LogP contribution in [0.15, 0.2) is 54.9 Å². The second-order valence-corrected chi connectivity index (χ2v) is 8.30. The van der Waals surface area contributed by atoms with Crippen LogP contribution in [0.4, 0.5) is 22.0 Å². The first-order valence-electron chi connectivity index (χ1n) is 11.1. The van der Waals surface area contributed by atoms with E-state index < -0.39 is 17.4 Å². The highest BCUT2D eigenvalue weighted by Crippen LogP contribution is 2.33. The molecule has 0 saturated carbocycles. The van der Waals surface area contributed by atoms with E-state index in [9.17, 15) is 14.7 Å². The van der Waals surface area contributed by atoms with Crippen molar-refractivity contribution >= 4 is 29.2 Å². The summed E-state index contributed by atoms with van der Waals surface area (Å²) < 4.78 is 1.21. The third kappa shape index (κ3) is 5.38. The summed E-state index contributed by atoms with van der Waals surface area (Å²) >= 11 is 0. The Kier molecular flexibility index (Phi) is 6.69. The largest absolute Gasteiger partial charge is 0.481 e. The quantitative estimate of drug-likeness (QED) is 0.435. The Labute approximate surface area is 192 Å². The number of amides is 1. The van der Waals surface area contributed by atoms with Crippen molar-refractivity contribution in [2.45, 2.75) is 32.6 Å². The Balaban J connectivity index is 1.36. The number of aromatic nitrogens is 3. The van der Waals surface area contributed by atoms with Gasteiger partial charge in [0.05, 0.1) is 17.3 Å². The average molecular weight is 449 g/mol. The molecule has 172 valence electrons. The SMILES string of the molecule is CCc1ccc(Nc2ccn(C(=O)Nc3ccc(CC4(C(=O)O)CCNCC4)nc3)n2)cc1. The Bertz CT molecular complexity index is 1100. The number of carboxylic acids is 1. The van der Waals surface area contributed by atoms with Crippen LogP contribution in [-0.2, 0) is 17.6 Å². The summed E-state index contributed by atoms with van der Waals surface area (Å²) in [5.74, 6) is -0.226. The van der Waals surface area contributed by atoms with Crippen LogP contribution in [0.3, 0.4) is 0 Å². The van der Waals surface area contributed by atoms with Crippen LogP contribution in [0.2, 0.25) is 0 Å². The summed E-state index contributed by atoms with van der Waals surface area (Å²) in [4.78, 5) is 28.8. The highest BCUT2D eigenvalue weighted by atomic mass is 16.4. The summed E-state index contributed by atoms with van der Waals surface area (Å²) in [5.41, 5.74) is 2.55. The van der Waals surface area contributed by atoms with Gasteiger partial charge in [0.1, 0.15) is 0 Å². The molecule has 0 aliphatic carbocycles. The number of nitrogens with zero attached hydrogens (tertiary/aromatic N) is 3. The smallest absolute Gasteiger partial charge is 0.346 e. The molecule has 1 aliphatic heterocycles. The molecule has 0 radical (unpaired) electrons. The van der Waals surface area contributed by atoms with Crippen LogP contribution in [0, 0.1) is 5.41 Å². The molecule has 0 atom stereocenters. The molecule has 1 amide bonds. The van der Waals surface area contributed by atoms with Gasteiger partial charge >= 0.3 is 12.0 Å². The lowest BCUT2D eigenvalue weighted by Crippen LogP contribution is -2.43. The zero-order valence-electron chi connectivity index (χ0n) is 18.5. The lowest BCUT2D eigenvalue weighted by molar-refractivity contribution is -0.150. The van der Waals surface area contributed by atoms with Crippen LogP contribution in [0.1, 0.15) is 31.0 Å². The van der Waals surface area contributed by atoms with Crippen molar-refractivity contribution in [3.63, 3.8) is 0 Å². The number of benzene rings is 1. The summed E-state index contributed by atoms with van der Waals surface area (Å²) in [6.07, 6.45) is 5.60. The molecular formula is C24H28N6O3. The molecular weight excluding hydrogens is 420 g/mol. The van der Waals surface area contributed by atoms with Crippen LogP contribution < -0.4 is 16.0 Å². The maximum absolute atomic E-state index is 12.6. The highest BCUT2D eigenvalue weighted by Gasteiger charge is 2.40. The second kappa shape index (κ2) is 9.83. The van der Waals surface area contributed by atoms with Gasteiger partial charge < -0.3 is 21.1 Å². The molecule has 3 heterocycles. The van der Waals surface area contributed by atoms with Crippen LogP contribution in [0.25, 0.3) is 0 Å². The molecule has 1 fully saturated rings. The number of carbonyl (C=O) groups is 2. The van der Waals surface area contributed by atoms with E-state index in [-0.39, 0.29) is 0 Å². The molecule has 4 N–H and O–H groups in total. The zero-order chi connectivity index (χ0) is 23.3. The second-order valence-electron chi connectivity index (χ2n) is 8.30. The number of anilines is 3. The van der Waals surface area contributed by atoms with Crippen molar-refractivity contribution in [1.29, 1.82) is 0 Å². The third-order valence-electron chi connectivity index (χ3n) is 6.04. The van der Waals surface area contributed by atoms with Gasteiger partial charge in [-0.3, -0.25) is 9.78 Å². The Morgan fingerprint density at radius 2 is 1.82 bits per heavy atom. The minimum atomic E-state index is -0.793. The molecule has 0 bridgehead atoms. The van der Waals surface area contributed by atoms with Crippen molar-refractivity contribution < 1.29 is 14.7 Å². The average Bonchev–Trinajstić information content (AvgIpc) is 3.30. The number of rotatable bonds is 7. The number of pyridine rings is 1. The van der Waals surface area contributed by atoms with E-state index in [4.69, 9.17) is 0 Å². The maximum atomic E-state index is 12.6. The van der Waals surface area contributed by atoms with Crippen molar-refractivity contribution in [3.8, 4) is 0 Å². The van der Waals surface area contributed by atoms with E-state index in [0.29, 0.717) is 49.6 Å². The Morgan fingerprint density at radius 3 is 2.45 bits per heavy atom. The molecule has 33 heavy (non-hydrogen) atoms. The van der Waals surface area contributed by atoms with E-state index in [1.807, 2.05) is 24.3 Å².